The fraction of sp³-hybridized carbons (Fsp3) is 0.410. The molecule has 3 aliphatic heterocycles. The predicted octanol–water partition coefficient (Wildman–Crippen LogP) is 1.75. The number of ether oxygens (including phenoxy) is 1. The molecule has 3 aliphatic rings. The highest BCUT2D eigenvalue weighted by Gasteiger charge is 2.45. The van der Waals surface area contributed by atoms with E-state index in [1.54, 1.807) is 49.1 Å². The molecular weight excluding hydrogens is 692 g/mol. The van der Waals surface area contributed by atoms with Crippen LogP contribution in [0.2, 0.25) is 0 Å². The molecule has 0 radical (unpaired) electrons. The van der Waals surface area contributed by atoms with Gasteiger partial charge in [-0.25, -0.2) is 9.48 Å². The van der Waals surface area contributed by atoms with E-state index in [4.69, 9.17) is 4.74 Å². The van der Waals surface area contributed by atoms with Gasteiger partial charge in [0.05, 0.1) is 18.3 Å². The van der Waals surface area contributed by atoms with Crippen LogP contribution in [-0.4, -0.2) is 98.4 Å². The molecule has 6 bridgehead atoms. The molecule has 7 rings (SSSR count). The van der Waals surface area contributed by atoms with E-state index in [-0.39, 0.29) is 44.2 Å². The van der Waals surface area contributed by atoms with Crippen molar-refractivity contribution in [3.8, 4) is 5.75 Å². The minimum absolute atomic E-state index is 0.0221. The molecule has 4 amide bonds. The van der Waals surface area contributed by atoms with Crippen LogP contribution in [0, 0.1) is 5.92 Å². The number of nitrogens with zero attached hydrogens (tertiary/aromatic N) is 4. The van der Waals surface area contributed by atoms with E-state index in [0.29, 0.717) is 17.0 Å². The van der Waals surface area contributed by atoms with Gasteiger partial charge in [0.2, 0.25) is 23.6 Å². The number of fused-ring (bicyclic) bond motifs is 10. The third-order valence-electron chi connectivity index (χ3n) is 10.2. The highest BCUT2D eigenvalue weighted by molar-refractivity contribution is 5.96. The van der Waals surface area contributed by atoms with Crippen molar-refractivity contribution in [3.05, 3.63) is 89.7 Å². The molecule has 0 aliphatic carbocycles. The first kappa shape index (κ1) is 37.9. The van der Waals surface area contributed by atoms with Crippen molar-refractivity contribution in [1.82, 2.24) is 41.2 Å². The van der Waals surface area contributed by atoms with E-state index >= 15 is 0 Å². The predicted molar refractivity (Wildman–Crippen MR) is 198 cm³/mol. The molecule has 3 aromatic carbocycles. The lowest BCUT2D eigenvalue weighted by atomic mass is 9.97. The number of benzene rings is 3. The fourth-order valence-electron chi connectivity index (χ4n) is 6.91. The van der Waals surface area contributed by atoms with Crippen molar-refractivity contribution in [1.29, 1.82) is 0 Å². The number of hydrogen-bond acceptors (Lipinski definition) is 9. The van der Waals surface area contributed by atoms with E-state index in [1.165, 1.54) is 4.90 Å². The van der Waals surface area contributed by atoms with Crippen molar-refractivity contribution in [2.45, 2.75) is 82.9 Å². The average Bonchev–Trinajstić information content (AvgIpc) is 3.83. The Morgan fingerprint density at radius 1 is 0.981 bits per heavy atom. The summed E-state index contributed by atoms with van der Waals surface area (Å²) in [7, 11) is 1.64. The van der Waals surface area contributed by atoms with Gasteiger partial charge >= 0.3 is 5.97 Å². The minimum Gasteiger partial charge on any atom is -0.487 e. The van der Waals surface area contributed by atoms with Crippen LogP contribution in [0.5, 0.6) is 5.75 Å². The van der Waals surface area contributed by atoms with Crippen molar-refractivity contribution < 1.29 is 33.8 Å². The topological polar surface area (TPSA) is 197 Å². The monoisotopic (exact) mass is 738 g/mol. The Kier molecular flexibility index (Phi) is 11.6. The molecule has 1 aromatic heterocycles. The quantitative estimate of drug-likeness (QED) is 0.178. The molecule has 0 unspecified atom stereocenters. The lowest BCUT2D eigenvalue weighted by molar-refractivity contribution is -0.144. The van der Waals surface area contributed by atoms with Gasteiger partial charge in [-0.2, -0.15) is 0 Å². The van der Waals surface area contributed by atoms with Gasteiger partial charge in [0.1, 0.15) is 42.2 Å². The van der Waals surface area contributed by atoms with E-state index in [2.05, 4.69) is 31.6 Å². The summed E-state index contributed by atoms with van der Waals surface area (Å²) in [5.41, 5.74) is 1.94. The van der Waals surface area contributed by atoms with Gasteiger partial charge in [0.25, 0.3) is 0 Å². The summed E-state index contributed by atoms with van der Waals surface area (Å²) in [6, 6.07) is 14.6. The van der Waals surface area contributed by atoms with Gasteiger partial charge in [-0.05, 0) is 53.9 Å². The van der Waals surface area contributed by atoms with Crippen LogP contribution < -0.4 is 26.0 Å². The van der Waals surface area contributed by atoms with Crippen LogP contribution in [-0.2, 0) is 43.4 Å². The largest absolute Gasteiger partial charge is 0.487 e. The number of likely N-dealkylation sites (N-methyl/N-ethyl adjacent to an activating group) is 1. The molecule has 4 heterocycles. The van der Waals surface area contributed by atoms with Gasteiger partial charge in [-0.15, -0.1) is 5.10 Å². The number of amides is 4. The SMILES string of the molecule is CN[C@@H](C)C(=O)N[C@H](C(=O)N1C[C@@H]2C[C@H]1C(=O)N[C@@H](Cc1cccc3ccccc13)C(=O)N[C@H](C(=O)O)Cc1ccc(cc1)OCc1cn2nn1)C(C)C. The van der Waals surface area contributed by atoms with Gasteiger partial charge in [-0.3, -0.25) is 19.2 Å². The summed E-state index contributed by atoms with van der Waals surface area (Å²) in [6.07, 6.45) is 1.86. The molecular formula is C39H46N8O7. The molecule has 0 spiro atoms. The summed E-state index contributed by atoms with van der Waals surface area (Å²) in [4.78, 5) is 69.9. The standard InChI is InChI=1S/C39H46N8O7/c1-22(2)34(43-35(48)23(3)40-4)38(51)46-20-28-18-33(46)37(50)41-31(17-26-10-7-9-25-8-5-6-11-30(25)26)36(49)42-32(39(52)53)16-24-12-14-29(15-13-24)54-21-27-19-47(28)45-44-27/h5-15,19,22-23,28,31-34,40H,16-18,20-21H2,1-4H3,(H,41,50)(H,42,49)(H,43,48)(H,52,53)/t23-,28-,31-,32-,33-,34-/m0/s1. The number of carbonyl (C=O) groups is 5. The van der Waals surface area contributed by atoms with Crippen molar-refractivity contribution >= 4 is 40.4 Å². The van der Waals surface area contributed by atoms with Gasteiger partial charge in [0.15, 0.2) is 0 Å². The maximum Gasteiger partial charge on any atom is 0.326 e. The van der Waals surface area contributed by atoms with Crippen molar-refractivity contribution in [2.75, 3.05) is 13.6 Å². The molecule has 54 heavy (non-hydrogen) atoms. The smallest absolute Gasteiger partial charge is 0.326 e. The van der Waals surface area contributed by atoms with E-state index in [1.807, 2.05) is 56.3 Å². The van der Waals surface area contributed by atoms with Crippen LogP contribution in [0.4, 0.5) is 0 Å². The molecule has 0 saturated carbocycles. The Balaban J connectivity index is 1.39. The number of aliphatic carboxylic acids is 1. The highest BCUT2D eigenvalue weighted by atomic mass is 16.5. The lowest BCUT2D eigenvalue weighted by Crippen LogP contribution is -2.59. The summed E-state index contributed by atoms with van der Waals surface area (Å²) < 4.78 is 7.52. The number of carboxylic acid groups (broad SMARTS) is 1. The normalized spacial score (nSPS) is 21.6. The Hall–Kier alpha value is -5.83. The molecule has 284 valence electrons. The Labute approximate surface area is 312 Å². The zero-order valence-electron chi connectivity index (χ0n) is 30.7. The molecule has 1 saturated heterocycles. The second-order valence-corrected chi connectivity index (χ2v) is 14.3. The zero-order chi connectivity index (χ0) is 38.5. The maximum atomic E-state index is 14.5. The second kappa shape index (κ2) is 16.5. The molecule has 15 nitrogen and oxygen atoms in total. The number of nitrogens with one attached hydrogen (secondary N) is 4. The Morgan fingerprint density at radius 3 is 2.44 bits per heavy atom. The van der Waals surface area contributed by atoms with Gasteiger partial charge in [0, 0.05) is 25.8 Å². The van der Waals surface area contributed by atoms with Crippen LogP contribution in [0.25, 0.3) is 10.8 Å². The van der Waals surface area contributed by atoms with Crippen LogP contribution in [0.3, 0.4) is 0 Å². The Morgan fingerprint density at radius 2 is 1.72 bits per heavy atom. The maximum absolute atomic E-state index is 14.5. The number of aromatic nitrogens is 3. The van der Waals surface area contributed by atoms with Crippen LogP contribution in [0.1, 0.15) is 50.1 Å². The second-order valence-electron chi connectivity index (χ2n) is 14.3. The van der Waals surface area contributed by atoms with E-state index < -0.39 is 59.9 Å². The number of rotatable bonds is 8. The average molecular weight is 739 g/mol. The zero-order valence-corrected chi connectivity index (χ0v) is 30.7. The van der Waals surface area contributed by atoms with E-state index in [9.17, 15) is 29.1 Å². The molecule has 4 aromatic rings. The molecule has 1 fully saturated rings. The molecule has 6 atom stereocenters. The lowest BCUT2D eigenvalue weighted by Gasteiger charge is -2.32. The third kappa shape index (κ3) is 8.52. The van der Waals surface area contributed by atoms with Crippen LogP contribution in [0.15, 0.2) is 72.9 Å². The van der Waals surface area contributed by atoms with Crippen molar-refractivity contribution in [2.24, 2.45) is 5.92 Å². The molecule has 5 N–H and O–H groups in total. The number of likely N-dealkylation sites (tertiary alicyclic amines) is 1. The summed E-state index contributed by atoms with van der Waals surface area (Å²) >= 11 is 0. The first-order valence-corrected chi connectivity index (χ1v) is 18.1. The van der Waals surface area contributed by atoms with Gasteiger partial charge < -0.3 is 36.0 Å². The van der Waals surface area contributed by atoms with Gasteiger partial charge in [-0.1, -0.05) is 73.7 Å². The number of carboxylic acids is 1. The Bertz CT molecular complexity index is 2010. The summed E-state index contributed by atoms with van der Waals surface area (Å²) in [5, 5.41) is 31.9. The first-order chi connectivity index (χ1) is 25.9. The van der Waals surface area contributed by atoms with Crippen molar-refractivity contribution in [3.63, 3.8) is 0 Å². The number of hydrogen-bond donors (Lipinski definition) is 5. The fourth-order valence-corrected chi connectivity index (χ4v) is 6.91. The highest BCUT2D eigenvalue weighted by Crippen LogP contribution is 2.30. The third-order valence-corrected chi connectivity index (χ3v) is 10.2. The summed E-state index contributed by atoms with van der Waals surface area (Å²) in [5.74, 6) is -3.16. The first-order valence-electron chi connectivity index (χ1n) is 18.1. The minimum atomic E-state index is -1.31. The van der Waals surface area contributed by atoms with Crippen LogP contribution >= 0.6 is 0 Å². The summed E-state index contributed by atoms with van der Waals surface area (Å²) in [6.45, 7) is 5.46. The number of carbonyl (C=O) groups excluding carboxylic acids is 4. The van der Waals surface area contributed by atoms with E-state index in [0.717, 1.165) is 16.3 Å². The molecule has 15 heteroatoms.